The summed E-state index contributed by atoms with van der Waals surface area (Å²) in [5, 5.41) is 0. The lowest BCUT2D eigenvalue weighted by Crippen LogP contribution is -1.73. The molecule has 1 aromatic carbocycles. The first kappa shape index (κ1) is 13.2. The summed E-state index contributed by atoms with van der Waals surface area (Å²) >= 11 is 0. The second kappa shape index (κ2) is 8.80. The molecule has 0 N–H and O–H groups in total. The lowest BCUT2D eigenvalue weighted by Gasteiger charge is -1.89. The average Bonchev–Trinajstić information content (AvgIpc) is 3.06. The van der Waals surface area contributed by atoms with Crippen LogP contribution in [0.5, 0.6) is 0 Å². The van der Waals surface area contributed by atoms with E-state index in [-0.39, 0.29) is 0 Å². The molecule has 80 valence electrons. The summed E-state index contributed by atoms with van der Waals surface area (Å²) in [4.78, 5) is 0. The van der Waals surface area contributed by atoms with Gasteiger partial charge in [0.15, 0.2) is 0 Å². The minimum Gasteiger partial charge on any atom is -0.0683 e. The molecule has 14 heavy (non-hydrogen) atoms. The molecule has 0 unspecified atom stereocenters. The van der Waals surface area contributed by atoms with Gasteiger partial charge in [0.05, 0.1) is 0 Å². The van der Waals surface area contributed by atoms with Gasteiger partial charge in [0.25, 0.3) is 0 Å². The summed E-state index contributed by atoms with van der Waals surface area (Å²) in [6, 6.07) is 10.5. The predicted octanol–water partition coefficient (Wildman–Crippen LogP) is 4.69. The number of rotatable bonds is 1. The molecule has 2 rings (SSSR count). The number of hydrogen-bond donors (Lipinski definition) is 0. The zero-order valence-corrected chi connectivity index (χ0v) is 10.1. The van der Waals surface area contributed by atoms with Gasteiger partial charge in [-0.05, 0) is 17.9 Å². The maximum atomic E-state index is 2.28. The molecule has 1 fully saturated rings. The number of aryl methyl sites for hydroxylation is 1. The van der Waals surface area contributed by atoms with Gasteiger partial charge < -0.3 is 0 Å². The Kier molecular flexibility index (Phi) is 8.31. The van der Waals surface area contributed by atoms with Crippen LogP contribution in [0.15, 0.2) is 30.3 Å². The van der Waals surface area contributed by atoms with Gasteiger partial charge in [-0.2, -0.15) is 0 Å². The summed E-state index contributed by atoms with van der Waals surface area (Å²) in [5.41, 5.74) is 1.41. The van der Waals surface area contributed by atoms with E-state index in [2.05, 4.69) is 38.1 Å². The van der Waals surface area contributed by atoms with E-state index in [0.717, 1.165) is 12.3 Å². The highest BCUT2D eigenvalue weighted by atomic mass is 14.2. The van der Waals surface area contributed by atoms with Gasteiger partial charge in [-0.25, -0.2) is 0 Å². The van der Waals surface area contributed by atoms with Crippen molar-refractivity contribution < 1.29 is 0 Å². The molecule has 0 amide bonds. The zero-order chi connectivity index (χ0) is 10.8. The molecule has 0 aliphatic heterocycles. The topological polar surface area (TPSA) is 0 Å². The van der Waals surface area contributed by atoms with Crippen LogP contribution in [0.4, 0.5) is 0 Å². The van der Waals surface area contributed by atoms with Crippen LogP contribution in [0.2, 0.25) is 0 Å². The van der Waals surface area contributed by atoms with E-state index < -0.39 is 0 Å². The van der Waals surface area contributed by atoms with Crippen molar-refractivity contribution in [3.05, 3.63) is 35.9 Å². The largest absolute Gasteiger partial charge is 0.0683 e. The molecule has 0 heteroatoms. The SMILES string of the molecule is CC.CC1CC1.CCc1ccccc1. The second-order valence-electron chi connectivity index (χ2n) is 3.52. The van der Waals surface area contributed by atoms with Crippen LogP contribution in [-0.2, 0) is 6.42 Å². The molecule has 1 aliphatic rings. The molecule has 0 nitrogen and oxygen atoms in total. The van der Waals surface area contributed by atoms with E-state index >= 15 is 0 Å². The van der Waals surface area contributed by atoms with Gasteiger partial charge in [-0.3, -0.25) is 0 Å². The monoisotopic (exact) mass is 192 g/mol. The molecular formula is C14H24. The van der Waals surface area contributed by atoms with Crippen LogP contribution in [0.25, 0.3) is 0 Å². The smallest absolute Gasteiger partial charge is 0.0307 e. The van der Waals surface area contributed by atoms with Crippen molar-refractivity contribution in [3.8, 4) is 0 Å². The standard InChI is InChI=1S/C8H10.C4H8.C2H6/c1-2-8-6-4-3-5-7-8;1-4-2-3-4;1-2/h3-7H,2H2,1H3;4H,2-3H2,1H3;1-2H3. The quantitative estimate of drug-likeness (QED) is 0.605. The van der Waals surface area contributed by atoms with Gasteiger partial charge in [-0.15, -0.1) is 0 Å². The van der Waals surface area contributed by atoms with Crippen LogP contribution < -0.4 is 0 Å². The van der Waals surface area contributed by atoms with Gasteiger partial charge in [0.2, 0.25) is 0 Å². The lowest BCUT2D eigenvalue weighted by atomic mass is 10.2. The number of hydrogen-bond acceptors (Lipinski definition) is 0. The van der Waals surface area contributed by atoms with Crippen molar-refractivity contribution in [2.24, 2.45) is 5.92 Å². The van der Waals surface area contributed by atoms with Crippen molar-refractivity contribution in [2.75, 3.05) is 0 Å². The van der Waals surface area contributed by atoms with Gasteiger partial charge in [0, 0.05) is 0 Å². The molecule has 0 heterocycles. The summed E-state index contributed by atoms with van der Waals surface area (Å²) in [6.07, 6.45) is 4.11. The van der Waals surface area contributed by atoms with Gasteiger partial charge >= 0.3 is 0 Å². The summed E-state index contributed by atoms with van der Waals surface area (Å²) in [7, 11) is 0. The first-order chi connectivity index (χ1) is 6.83. The fourth-order valence-electron chi connectivity index (χ4n) is 0.880. The Morgan fingerprint density at radius 2 is 1.50 bits per heavy atom. The van der Waals surface area contributed by atoms with Crippen LogP contribution >= 0.6 is 0 Å². The van der Waals surface area contributed by atoms with Crippen molar-refractivity contribution in [1.82, 2.24) is 0 Å². The van der Waals surface area contributed by atoms with E-state index in [1.165, 1.54) is 18.4 Å². The maximum absolute atomic E-state index is 2.28. The van der Waals surface area contributed by atoms with Crippen LogP contribution in [0, 0.1) is 5.92 Å². The highest BCUT2D eigenvalue weighted by molar-refractivity contribution is 5.13. The Morgan fingerprint density at radius 1 is 1.07 bits per heavy atom. The van der Waals surface area contributed by atoms with Crippen LogP contribution in [0.1, 0.15) is 46.1 Å². The highest BCUT2D eigenvalue weighted by Crippen LogP contribution is 2.26. The molecule has 0 atom stereocenters. The third kappa shape index (κ3) is 7.85. The molecule has 0 saturated heterocycles. The van der Waals surface area contributed by atoms with Crippen LogP contribution in [0.3, 0.4) is 0 Å². The van der Waals surface area contributed by atoms with E-state index in [1.54, 1.807) is 0 Å². The molecule has 0 radical (unpaired) electrons. The van der Waals surface area contributed by atoms with E-state index in [9.17, 15) is 0 Å². The predicted molar refractivity (Wildman–Crippen MR) is 65.6 cm³/mol. The first-order valence-electron chi connectivity index (χ1n) is 5.87. The Hall–Kier alpha value is -0.780. The summed E-state index contributed by atoms with van der Waals surface area (Å²) in [6.45, 7) is 8.44. The molecule has 1 aliphatic carbocycles. The molecule has 1 aromatic rings. The third-order valence-electron chi connectivity index (χ3n) is 2.12. The minimum atomic E-state index is 1.08. The van der Waals surface area contributed by atoms with Crippen molar-refractivity contribution in [2.45, 2.75) is 47.0 Å². The Morgan fingerprint density at radius 3 is 1.71 bits per heavy atom. The Balaban J connectivity index is 0.000000236. The zero-order valence-electron chi connectivity index (χ0n) is 10.1. The van der Waals surface area contributed by atoms with Crippen molar-refractivity contribution in [1.29, 1.82) is 0 Å². The van der Waals surface area contributed by atoms with Gasteiger partial charge in [0.1, 0.15) is 0 Å². The van der Waals surface area contributed by atoms with E-state index in [0.29, 0.717) is 0 Å². The average molecular weight is 192 g/mol. The van der Waals surface area contributed by atoms with Gasteiger partial charge in [-0.1, -0.05) is 70.9 Å². The molecule has 1 saturated carbocycles. The molecule has 0 aromatic heterocycles. The Bertz CT molecular complexity index is 197. The maximum Gasteiger partial charge on any atom is -0.0307 e. The van der Waals surface area contributed by atoms with Crippen molar-refractivity contribution >= 4 is 0 Å². The summed E-state index contributed by atoms with van der Waals surface area (Å²) < 4.78 is 0. The summed E-state index contributed by atoms with van der Waals surface area (Å²) in [5.74, 6) is 1.08. The van der Waals surface area contributed by atoms with E-state index in [1.807, 2.05) is 19.9 Å². The van der Waals surface area contributed by atoms with E-state index in [4.69, 9.17) is 0 Å². The molecule has 0 bridgehead atoms. The van der Waals surface area contributed by atoms with Crippen molar-refractivity contribution in [3.63, 3.8) is 0 Å². The lowest BCUT2D eigenvalue weighted by molar-refractivity contribution is 0.983. The number of benzene rings is 1. The highest BCUT2D eigenvalue weighted by Gasteiger charge is 2.12. The fourth-order valence-corrected chi connectivity index (χ4v) is 0.880. The van der Waals surface area contributed by atoms with Crippen LogP contribution in [-0.4, -0.2) is 0 Å². The fraction of sp³-hybridized carbons (Fsp3) is 0.571. The first-order valence-corrected chi connectivity index (χ1v) is 5.87. The minimum absolute atomic E-state index is 1.08. The second-order valence-corrected chi connectivity index (χ2v) is 3.52. The Labute approximate surface area is 89.4 Å². The molecular weight excluding hydrogens is 168 g/mol. The molecule has 0 spiro atoms. The third-order valence-corrected chi connectivity index (χ3v) is 2.12. The normalized spacial score (nSPS) is 13.1.